The molecule has 13 heteroatoms. The summed E-state index contributed by atoms with van der Waals surface area (Å²) in [5.74, 6) is -2.62. The molecular weight excluding hydrogens is 471 g/mol. The van der Waals surface area contributed by atoms with Crippen molar-refractivity contribution in [2.75, 3.05) is 50.0 Å². The summed E-state index contributed by atoms with van der Waals surface area (Å²) >= 11 is 0. The van der Waals surface area contributed by atoms with E-state index in [0.29, 0.717) is 18.8 Å². The molecule has 0 amide bonds. The van der Waals surface area contributed by atoms with Gasteiger partial charge in [0.15, 0.2) is 0 Å². The lowest BCUT2D eigenvalue weighted by Gasteiger charge is -2.38. The summed E-state index contributed by atoms with van der Waals surface area (Å²) in [6.45, 7) is 0.967. The Labute approximate surface area is 198 Å². The Hall–Kier alpha value is -3.35. The van der Waals surface area contributed by atoms with E-state index >= 15 is 0 Å². The first-order valence-corrected chi connectivity index (χ1v) is 10.9. The lowest BCUT2D eigenvalue weighted by atomic mass is 10.0. The van der Waals surface area contributed by atoms with Crippen LogP contribution in [0.4, 0.5) is 39.5 Å². The van der Waals surface area contributed by atoms with Gasteiger partial charge in [-0.15, -0.1) is 0 Å². The Kier molecular flexibility index (Phi) is 6.88. The van der Waals surface area contributed by atoms with Crippen molar-refractivity contribution in [3.8, 4) is 0 Å². The number of halogens is 5. The summed E-state index contributed by atoms with van der Waals surface area (Å²) in [4.78, 5) is 20.5. The van der Waals surface area contributed by atoms with Crippen molar-refractivity contribution in [1.82, 2.24) is 19.9 Å². The number of anilines is 3. The highest BCUT2D eigenvalue weighted by atomic mass is 19.4. The topological polar surface area (TPSA) is 95.6 Å². The molecule has 2 aliphatic heterocycles. The van der Waals surface area contributed by atoms with Gasteiger partial charge in [0, 0.05) is 44.0 Å². The molecule has 35 heavy (non-hydrogen) atoms. The van der Waals surface area contributed by atoms with Crippen LogP contribution in [-0.4, -0.2) is 71.3 Å². The Morgan fingerprint density at radius 1 is 1.26 bits per heavy atom. The van der Waals surface area contributed by atoms with Crippen molar-refractivity contribution in [3.05, 3.63) is 47.9 Å². The summed E-state index contributed by atoms with van der Waals surface area (Å²) in [7, 11) is 1.68. The van der Waals surface area contributed by atoms with Crippen molar-refractivity contribution in [2.24, 2.45) is 10.7 Å². The summed E-state index contributed by atoms with van der Waals surface area (Å²) in [5.41, 5.74) is 6.04. The fourth-order valence-electron chi connectivity index (χ4n) is 4.08. The Morgan fingerprint density at radius 2 is 2.03 bits per heavy atom. The van der Waals surface area contributed by atoms with Crippen molar-refractivity contribution >= 4 is 23.3 Å². The van der Waals surface area contributed by atoms with Crippen LogP contribution >= 0.6 is 0 Å². The quantitative estimate of drug-likeness (QED) is 0.448. The van der Waals surface area contributed by atoms with Gasteiger partial charge in [-0.25, -0.2) is 18.7 Å². The maximum Gasteiger partial charge on any atom is 0.416 e. The van der Waals surface area contributed by atoms with Gasteiger partial charge in [0.2, 0.25) is 5.95 Å². The monoisotopic (exact) mass is 496 g/mol. The van der Waals surface area contributed by atoms with Gasteiger partial charge in [0.25, 0.3) is 5.92 Å². The molecule has 0 bridgehead atoms. The molecule has 0 radical (unpaired) electrons. The molecule has 0 saturated carbocycles. The van der Waals surface area contributed by atoms with Crippen LogP contribution in [0.15, 0.2) is 41.7 Å². The summed E-state index contributed by atoms with van der Waals surface area (Å²) < 4.78 is 66.2. The second kappa shape index (κ2) is 9.72. The van der Waals surface area contributed by atoms with E-state index in [4.69, 9.17) is 5.73 Å². The third-order valence-electron chi connectivity index (χ3n) is 5.86. The number of nitrogens with two attached hydrogens (primary N) is 1. The molecule has 3 N–H and O–H groups in total. The highest BCUT2D eigenvalue weighted by Gasteiger charge is 2.45. The predicted molar refractivity (Wildman–Crippen MR) is 122 cm³/mol. The minimum atomic E-state index is -4.53. The van der Waals surface area contributed by atoms with Crippen LogP contribution in [0.1, 0.15) is 23.6 Å². The molecule has 4 heterocycles. The van der Waals surface area contributed by atoms with Gasteiger partial charge >= 0.3 is 6.18 Å². The number of pyridine rings is 1. The molecule has 1 atom stereocenters. The van der Waals surface area contributed by atoms with Crippen molar-refractivity contribution in [1.29, 1.82) is 0 Å². The zero-order valence-corrected chi connectivity index (χ0v) is 18.9. The van der Waals surface area contributed by atoms with Crippen LogP contribution in [0.25, 0.3) is 0 Å². The van der Waals surface area contributed by atoms with Gasteiger partial charge in [-0.05, 0) is 37.4 Å². The number of aromatic nitrogens is 3. The molecule has 0 spiro atoms. The number of hydrogen-bond acceptors (Lipinski definition) is 8. The molecule has 1 unspecified atom stereocenters. The van der Waals surface area contributed by atoms with Crippen LogP contribution in [0.2, 0.25) is 0 Å². The SMILES string of the molecule is CN=C(C=CN)CN1CCC(c2cc(Nc3cc(C(F)(F)F)ccn3)nc(N3CC(F)(F)C3)n2)C1. The van der Waals surface area contributed by atoms with Crippen molar-refractivity contribution < 1.29 is 22.0 Å². The Balaban J connectivity index is 1.58. The van der Waals surface area contributed by atoms with E-state index < -0.39 is 30.8 Å². The number of alkyl halides is 5. The fraction of sp³-hybridized carbons (Fsp3) is 0.455. The first-order chi connectivity index (χ1) is 16.6. The average molecular weight is 496 g/mol. The number of rotatable bonds is 7. The van der Waals surface area contributed by atoms with Crippen LogP contribution < -0.4 is 16.0 Å². The highest BCUT2D eigenvalue weighted by Crippen LogP contribution is 2.34. The van der Waals surface area contributed by atoms with Gasteiger partial charge in [0.05, 0.1) is 24.3 Å². The van der Waals surface area contributed by atoms with E-state index in [1.165, 1.54) is 11.1 Å². The predicted octanol–water partition coefficient (Wildman–Crippen LogP) is 3.42. The lowest BCUT2D eigenvalue weighted by molar-refractivity contribution is -0.137. The maximum absolute atomic E-state index is 13.5. The second-order valence-corrected chi connectivity index (χ2v) is 8.54. The standard InChI is InChI=1S/C22H25F5N8/c1-29-16(2-5-28)11-34-7-4-14(10-34)17-9-19(33-20(31-17)35-12-21(23,24)13-35)32-18-8-15(3-6-30-18)22(25,26)27/h2-3,5-6,8-9,14H,4,7,10-13,28H2,1H3,(H,30,31,32,33). The molecule has 8 nitrogen and oxygen atoms in total. The molecule has 188 valence electrons. The Bertz CT molecular complexity index is 1110. The van der Waals surface area contributed by atoms with Crippen LogP contribution in [0, 0.1) is 0 Å². The zero-order chi connectivity index (χ0) is 25.2. The fourth-order valence-corrected chi connectivity index (χ4v) is 4.08. The van der Waals surface area contributed by atoms with Gasteiger partial charge in [-0.1, -0.05) is 0 Å². The van der Waals surface area contributed by atoms with E-state index in [2.05, 4.69) is 30.2 Å². The van der Waals surface area contributed by atoms with E-state index in [1.54, 1.807) is 19.2 Å². The van der Waals surface area contributed by atoms with E-state index in [9.17, 15) is 22.0 Å². The number of aliphatic imine (C=N–C) groups is 1. The molecule has 2 aliphatic rings. The average Bonchev–Trinajstić information content (AvgIpc) is 3.25. The molecule has 2 aromatic rings. The molecular formula is C22H25F5N8. The zero-order valence-electron chi connectivity index (χ0n) is 18.9. The van der Waals surface area contributed by atoms with Gasteiger partial charge < -0.3 is 16.0 Å². The summed E-state index contributed by atoms with van der Waals surface area (Å²) in [6.07, 6.45) is 0.427. The second-order valence-electron chi connectivity index (χ2n) is 8.54. The minimum Gasteiger partial charge on any atom is -0.405 e. The molecule has 2 saturated heterocycles. The maximum atomic E-state index is 13.5. The largest absolute Gasteiger partial charge is 0.416 e. The van der Waals surface area contributed by atoms with E-state index in [-0.39, 0.29) is 23.5 Å². The van der Waals surface area contributed by atoms with Gasteiger partial charge in [-0.2, -0.15) is 18.2 Å². The molecule has 0 aromatic carbocycles. The Morgan fingerprint density at radius 3 is 2.69 bits per heavy atom. The first kappa shape index (κ1) is 24.8. The number of likely N-dealkylation sites (tertiary alicyclic amines) is 1. The van der Waals surface area contributed by atoms with E-state index in [1.807, 2.05) is 0 Å². The summed E-state index contributed by atoms with van der Waals surface area (Å²) in [6, 6.07) is 3.37. The minimum absolute atomic E-state index is 0.0199. The van der Waals surface area contributed by atoms with Crippen LogP contribution in [-0.2, 0) is 6.18 Å². The number of hydrogen-bond donors (Lipinski definition) is 2. The molecule has 2 aromatic heterocycles. The summed E-state index contributed by atoms with van der Waals surface area (Å²) in [5, 5.41) is 2.78. The number of nitrogens with one attached hydrogen (secondary N) is 1. The van der Waals surface area contributed by atoms with Crippen LogP contribution in [0.5, 0.6) is 0 Å². The third kappa shape index (κ3) is 6.02. The molecule has 4 rings (SSSR count). The smallest absolute Gasteiger partial charge is 0.405 e. The van der Waals surface area contributed by atoms with Gasteiger partial charge in [-0.3, -0.25) is 9.89 Å². The molecule has 2 fully saturated rings. The van der Waals surface area contributed by atoms with Gasteiger partial charge in [0.1, 0.15) is 11.6 Å². The van der Waals surface area contributed by atoms with Crippen molar-refractivity contribution in [3.63, 3.8) is 0 Å². The lowest BCUT2D eigenvalue weighted by Crippen LogP contribution is -2.57. The normalized spacial score (nSPS) is 20.9. The van der Waals surface area contributed by atoms with E-state index in [0.717, 1.165) is 37.0 Å². The van der Waals surface area contributed by atoms with Crippen LogP contribution in [0.3, 0.4) is 0 Å². The molecule has 0 aliphatic carbocycles. The third-order valence-corrected chi connectivity index (χ3v) is 5.86. The first-order valence-electron chi connectivity index (χ1n) is 10.9. The highest BCUT2D eigenvalue weighted by molar-refractivity contribution is 5.96. The number of nitrogens with zero attached hydrogens (tertiary/aromatic N) is 6. The van der Waals surface area contributed by atoms with Crippen molar-refractivity contribution in [2.45, 2.75) is 24.4 Å².